The van der Waals surface area contributed by atoms with Crippen LogP contribution in [0.2, 0.25) is 0 Å². The molecule has 4 rings (SSSR count). The molecule has 2 N–H and O–H groups in total. The van der Waals surface area contributed by atoms with Crippen LogP contribution in [0.15, 0.2) is 54.6 Å². The summed E-state index contributed by atoms with van der Waals surface area (Å²) in [4.78, 5) is 26.4. The molecule has 0 saturated heterocycles. The zero-order valence-corrected chi connectivity index (χ0v) is 16.6. The first-order valence-corrected chi connectivity index (χ1v) is 10.3. The highest BCUT2D eigenvalue weighted by Crippen LogP contribution is 2.19. The Morgan fingerprint density at radius 2 is 1.79 bits per heavy atom. The van der Waals surface area contributed by atoms with Gasteiger partial charge in [0.05, 0.1) is 0 Å². The van der Waals surface area contributed by atoms with Crippen LogP contribution in [0.5, 0.6) is 0 Å². The fourth-order valence-electron chi connectivity index (χ4n) is 3.56. The van der Waals surface area contributed by atoms with Gasteiger partial charge in [-0.3, -0.25) is 14.5 Å². The Labute approximate surface area is 171 Å². The molecule has 1 saturated carbocycles. The van der Waals surface area contributed by atoms with Crippen LogP contribution in [0.4, 0.5) is 0 Å². The molecule has 0 aromatic heterocycles. The minimum Gasteiger partial charge on any atom is -0.351 e. The van der Waals surface area contributed by atoms with E-state index in [1.165, 1.54) is 11.1 Å². The quantitative estimate of drug-likeness (QED) is 0.716. The summed E-state index contributed by atoms with van der Waals surface area (Å²) in [7, 11) is 0. The Morgan fingerprint density at radius 3 is 2.55 bits per heavy atom. The first kappa shape index (κ1) is 19.4. The molecule has 0 atom stereocenters. The Bertz CT molecular complexity index is 901. The average molecular weight is 389 g/mol. The van der Waals surface area contributed by atoms with Crippen molar-refractivity contribution in [3.63, 3.8) is 0 Å². The van der Waals surface area contributed by atoms with Gasteiger partial charge in [-0.05, 0) is 54.2 Å². The Morgan fingerprint density at radius 1 is 1.03 bits per heavy atom. The number of carbonyl (C=O) groups excluding carboxylic acids is 2. The fraction of sp³-hybridized carbons (Fsp3) is 0.333. The molecule has 150 valence electrons. The smallest absolute Gasteiger partial charge is 0.251 e. The maximum absolute atomic E-state index is 12.1. The molecule has 29 heavy (non-hydrogen) atoms. The second-order valence-corrected chi connectivity index (χ2v) is 7.79. The van der Waals surface area contributed by atoms with Crippen LogP contribution in [0.25, 0.3) is 6.08 Å². The van der Waals surface area contributed by atoms with E-state index in [1.807, 2.05) is 12.1 Å². The monoisotopic (exact) mass is 389 g/mol. The van der Waals surface area contributed by atoms with E-state index in [1.54, 1.807) is 24.3 Å². The van der Waals surface area contributed by atoms with Gasteiger partial charge in [0.15, 0.2) is 0 Å². The third-order valence-electron chi connectivity index (χ3n) is 5.45. The molecule has 5 heteroatoms. The summed E-state index contributed by atoms with van der Waals surface area (Å²) < 4.78 is 0. The summed E-state index contributed by atoms with van der Waals surface area (Å²) in [5.74, 6) is -0.126. The molecule has 1 fully saturated rings. The minimum absolute atomic E-state index is 0.0268. The van der Waals surface area contributed by atoms with E-state index >= 15 is 0 Å². The van der Waals surface area contributed by atoms with E-state index in [9.17, 15) is 9.59 Å². The van der Waals surface area contributed by atoms with Crippen LogP contribution in [0.1, 0.15) is 39.9 Å². The highest BCUT2D eigenvalue weighted by molar-refractivity contribution is 5.95. The minimum atomic E-state index is -0.0991. The molecule has 1 aliphatic carbocycles. The van der Waals surface area contributed by atoms with Gasteiger partial charge in [-0.2, -0.15) is 0 Å². The second kappa shape index (κ2) is 9.05. The van der Waals surface area contributed by atoms with Crippen LogP contribution in [0.3, 0.4) is 0 Å². The number of fused-ring (bicyclic) bond motifs is 1. The zero-order chi connectivity index (χ0) is 20.1. The van der Waals surface area contributed by atoms with Crippen molar-refractivity contribution >= 4 is 17.9 Å². The van der Waals surface area contributed by atoms with E-state index in [0.29, 0.717) is 18.2 Å². The van der Waals surface area contributed by atoms with Crippen LogP contribution < -0.4 is 10.6 Å². The van der Waals surface area contributed by atoms with Gasteiger partial charge in [-0.1, -0.05) is 36.4 Å². The number of hydrogen-bond acceptors (Lipinski definition) is 3. The van der Waals surface area contributed by atoms with Crippen molar-refractivity contribution < 1.29 is 9.59 Å². The predicted octanol–water partition coefficient (Wildman–Crippen LogP) is 2.77. The number of amides is 2. The largest absolute Gasteiger partial charge is 0.351 e. The van der Waals surface area contributed by atoms with Gasteiger partial charge in [0.25, 0.3) is 5.91 Å². The molecule has 5 nitrogen and oxygen atoms in total. The van der Waals surface area contributed by atoms with Gasteiger partial charge >= 0.3 is 0 Å². The summed E-state index contributed by atoms with van der Waals surface area (Å²) in [5.41, 5.74) is 4.38. The summed E-state index contributed by atoms with van der Waals surface area (Å²) in [5, 5.41) is 5.92. The van der Waals surface area contributed by atoms with E-state index < -0.39 is 0 Å². The zero-order valence-electron chi connectivity index (χ0n) is 16.6. The second-order valence-electron chi connectivity index (χ2n) is 7.79. The number of hydrogen-bond donors (Lipinski definition) is 2. The average Bonchev–Trinajstić information content (AvgIpc) is 3.56. The molecular formula is C24H27N3O2. The lowest BCUT2D eigenvalue weighted by atomic mass is 10.00. The molecule has 0 unspecified atom stereocenters. The highest BCUT2D eigenvalue weighted by Gasteiger charge is 2.23. The van der Waals surface area contributed by atoms with Crippen molar-refractivity contribution in [2.45, 2.75) is 31.8 Å². The number of benzene rings is 2. The predicted molar refractivity (Wildman–Crippen MR) is 114 cm³/mol. The Kier molecular flexibility index (Phi) is 6.06. The van der Waals surface area contributed by atoms with Gasteiger partial charge < -0.3 is 10.6 Å². The SMILES string of the molecule is O=C(/C=C\c1ccc(C(=O)NC2CC2)cc1)NCCN1CCc2ccccc2C1. The maximum atomic E-state index is 12.1. The van der Waals surface area contributed by atoms with Crippen molar-refractivity contribution in [3.8, 4) is 0 Å². The van der Waals surface area contributed by atoms with E-state index in [2.05, 4.69) is 39.8 Å². The third-order valence-corrected chi connectivity index (χ3v) is 5.45. The van der Waals surface area contributed by atoms with Gasteiger partial charge in [0, 0.05) is 43.9 Å². The molecule has 2 aromatic carbocycles. The van der Waals surface area contributed by atoms with Gasteiger partial charge in [0.2, 0.25) is 5.91 Å². The van der Waals surface area contributed by atoms with Crippen LogP contribution in [-0.2, 0) is 17.8 Å². The summed E-state index contributed by atoms with van der Waals surface area (Å²) >= 11 is 0. The van der Waals surface area contributed by atoms with Crippen molar-refractivity contribution in [2.24, 2.45) is 0 Å². The third kappa shape index (κ3) is 5.55. The summed E-state index contributed by atoms with van der Waals surface area (Å²) in [6.45, 7) is 3.45. The Hall–Kier alpha value is -2.92. The van der Waals surface area contributed by atoms with Crippen LogP contribution in [-0.4, -0.2) is 42.4 Å². The van der Waals surface area contributed by atoms with Crippen LogP contribution >= 0.6 is 0 Å². The standard InChI is InChI=1S/C24H27N3O2/c28-23(25-14-16-27-15-13-19-3-1-2-4-21(19)17-27)12-7-18-5-8-20(9-6-18)24(29)26-22-10-11-22/h1-9,12,22H,10-11,13-17H2,(H,25,28)(H,26,29)/b12-7-. The van der Waals surface area contributed by atoms with Crippen LogP contribution in [0, 0.1) is 0 Å². The molecule has 0 radical (unpaired) electrons. The number of nitrogens with one attached hydrogen (secondary N) is 2. The lowest BCUT2D eigenvalue weighted by Gasteiger charge is -2.28. The van der Waals surface area contributed by atoms with Crippen molar-refractivity contribution in [2.75, 3.05) is 19.6 Å². The van der Waals surface area contributed by atoms with Crippen molar-refractivity contribution in [3.05, 3.63) is 76.9 Å². The maximum Gasteiger partial charge on any atom is 0.251 e. The highest BCUT2D eigenvalue weighted by atomic mass is 16.2. The topological polar surface area (TPSA) is 61.4 Å². The van der Waals surface area contributed by atoms with Crippen molar-refractivity contribution in [1.82, 2.24) is 15.5 Å². The lowest BCUT2D eigenvalue weighted by Crippen LogP contribution is -2.37. The molecule has 0 spiro atoms. The lowest BCUT2D eigenvalue weighted by molar-refractivity contribution is -0.116. The summed E-state index contributed by atoms with van der Waals surface area (Å²) in [6, 6.07) is 16.2. The molecule has 2 amide bonds. The number of carbonyl (C=O) groups is 2. The molecule has 1 aliphatic heterocycles. The van der Waals surface area contributed by atoms with Gasteiger partial charge in [-0.25, -0.2) is 0 Å². The van der Waals surface area contributed by atoms with E-state index in [4.69, 9.17) is 0 Å². The van der Waals surface area contributed by atoms with Gasteiger partial charge in [0.1, 0.15) is 0 Å². The van der Waals surface area contributed by atoms with Crippen molar-refractivity contribution in [1.29, 1.82) is 0 Å². The number of nitrogens with zero attached hydrogens (tertiary/aromatic N) is 1. The molecule has 0 bridgehead atoms. The molecule has 2 aliphatic rings. The first-order chi connectivity index (χ1) is 14.2. The number of rotatable bonds is 7. The first-order valence-electron chi connectivity index (χ1n) is 10.3. The molecule has 2 aromatic rings. The Balaban J connectivity index is 1.19. The molecule has 1 heterocycles. The van der Waals surface area contributed by atoms with E-state index in [0.717, 1.165) is 44.5 Å². The van der Waals surface area contributed by atoms with E-state index in [-0.39, 0.29) is 11.8 Å². The van der Waals surface area contributed by atoms with Gasteiger partial charge in [-0.15, -0.1) is 0 Å². The normalized spacial score (nSPS) is 16.4. The molecular weight excluding hydrogens is 362 g/mol. The fourth-order valence-corrected chi connectivity index (χ4v) is 3.56. The summed E-state index contributed by atoms with van der Waals surface area (Å²) in [6.07, 6.45) is 6.54.